The molecule has 3 rings (SSSR count). The first kappa shape index (κ1) is 14.9. The SMILES string of the molecule is O=C(O)CCC1CCCCN1CC1CSc2ccccc21. The van der Waals surface area contributed by atoms with Gasteiger partial charge in [-0.25, -0.2) is 0 Å². The zero-order valence-electron chi connectivity index (χ0n) is 12.3. The van der Waals surface area contributed by atoms with E-state index in [2.05, 4.69) is 29.2 Å². The Morgan fingerprint density at radius 3 is 3.05 bits per heavy atom. The predicted octanol–water partition coefficient (Wildman–Crippen LogP) is 3.60. The molecule has 0 radical (unpaired) electrons. The molecule has 0 aromatic heterocycles. The molecule has 3 nitrogen and oxygen atoms in total. The number of carboxylic acids is 1. The Morgan fingerprint density at radius 2 is 2.19 bits per heavy atom. The van der Waals surface area contributed by atoms with Gasteiger partial charge in [-0.05, 0) is 37.4 Å². The number of benzene rings is 1. The van der Waals surface area contributed by atoms with Gasteiger partial charge in [0.1, 0.15) is 0 Å². The molecule has 1 saturated heterocycles. The maximum Gasteiger partial charge on any atom is 0.303 e. The van der Waals surface area contributed by atoms with Crippen molar-refractivity contribution < 1.29 is 9.90 Å². The average molecular weight is 305 g/mol. The molecule has 21 heavy (non-hydrogen) atoms. The van der Waals surface area contributed by atoms with Crippen molar-refractivity contribution in [1.29, 1.82) is 0 Å². The number of hydrogen-bond acceptors (Lipinski definition) is 3. The van der Waals surface area contributed by atoms with Crippen molar-refractivity contribution in [3.05, 3.63) is 29.8 Å². The molecule has 2 aliphatic heterocycles. The fourth-order valence-corrected chi connectivity index (χ4v) is 4.82. The maximum atomic E-state index is 10.8. The largest absolute Gasteiger partial charge is 0.481 e. The van der Waals surface area contributed by atoms with Crippen LogP contribution in [0.2, 0.25) is 0 Å². The summed E-state index contributed by atoms with van der Waals surface area (Å²) in [6, 6.07) is 9.20. The molecule has 2 aliphatic rings. The van der Waals surface area contributed by atoms with Gasteiger partial charge in [0, 0.05) is 35.6 Å². The second-order valence-corrected chi connectivity index (χ2v) is 7.18. The standard InChI is InChI=1S/C17H23NO2S/c19-17(20)9-8-14-5-3-4-10-18(14)11-13-12-21-16-7-2-1-6-15(13)16/h1-2,6-7,13-14H,3-5,8-12H2,(H,19,20). The highest BCUT2D eigenvalue weighted by molar-refractivity contribution is 7.99. The molecule has 2 unspecified atom stereocenters. The lowest BCUT2D eigenvalue weighted by Crippen LogP contribution is -2.42. The number of carboxylic acid groups (broad SMARTS) is 1. The molecule has 0 aliphatic carbocycles. The Balaban J connectivity index is 1.64. The molecule has 1 aromatic carbocycles. The molecule has 0 spiro atoms. The monoisotopic (exact) mass is 305 g/mol. The van der Waals surface area contributed by atoms with Gasteiger partial charge in [0.15, 0.2) is 0 Å². The number of rotatable bonds is 5. The van der Waals surface area contributed by atoms with Gasteiger partial charge in [0.25, 0.3) is 0 Å². The van der Waals surface area contributed by atoms with Crippen molar-refractivity contribution in [3.63, 3.8) is 0 Å². The molecular weight excluding hydrogens is 282 g/mol. The Kier molecular flexibility index (Phi) is 4.86. The average Bonchev–Trinajstić information content (AvgIpc) is 2.90. The van der Waals surface area contributed by atoms with Crippen LogP contribution in [0.5, 0.6) is 0 Å². The van der Waals surface area contributed by atoms with Crippen LogP contribution in [0.25, 0.3) is 0 Å². The van der Waals surface area contributed by atoms with E-state index in [4.69, 9.17) is 5.11 Å². The first-order valence-electron chi connectivity index (χ1n) is 7.91. The minimum absolute atomic E-state index is 0.303. The van der Waals surface area contributed by atoms with Crippen LogP contribution in [-0.2, 0) is 4.79 Å². The third kappa shape index (κ3) is 3.61. The normalized spacial score (nSPS) is 25.7. The third-order valence-electron chi connectivity index (χ3n) is 4.69. The van der Waals surface area contributed by atoms with Crippen molar-refractivity contribution >= 4 is 17.7 Å². The van der Waals surface area contributed by atoms with E-state index >= 15 is 0 Å². The second-order valence-electron chi connectivity index (χ2n) is 6.12. The van der Waals surface area contributed by atoms with Gasteiger partial charge in [0.2, 0.25) is 0 Å². The highest BCUT2D eigenvalue weighted by Gasteiger charge is 2.29. The summed E-state index contributed by atoms with van der Waals surface area (Å²) in [5, 5.41) is 8.92. The van der Waals surface area contributed by atoms with Gasteiger partial charge >= 0.3 is 5.97 Å². The van der Waals surface area contributed by atoms with E-state index in [1.165, 1.54) is 29.1 Å². The van der Waals surface area contributed by atoms with E-state index in [0.717, 1.165) is 25.9 Å². The number of fused-ring (bicyclic) bond motifs is 1. The van der Waals surface area contributed by atoms with E-state index in [1.54, 1.807) is 0 Å². The number of carbonyl (C=O) groups is 1. The van der Waals surface area contributed by atoms with Crippen LogP contribution in [-0.4, -0.2) is 40.9 Å². The molecule has 0 saturated carbocycles. The molecule has 2 heterocycles. The van der Waals surface area contributed by atoms with Crippen LogP contribution >= 0.6 is 11.8 Å². The third-order valence-corrected chi connectivity index (χ3v) is 5.95. The molecule has 4 heteroatoms. The van der Waals surface area contributed by atoms with Crippen LogP contribution in [0.15, 0.2) is 29.2 Å². The molecule has 1 fully saturated rings. The van der Waals surface area contributed by atoms with Crippen molar-refractivity contribution in [2.45, 2.75) is 49.0 Å². The van der Waals surface area contributed by atoms with E-state index in [9.17, 15) is 4.79 Å². The Labute approximate surface area is 130 Å². The van der Waals surface area contributed by atoms with E-state index < -0.39 is 5.97 Å². The van der Waals surface area contributed by atoms with Crippen molar-refractivity contribution in [1.82, 2.24) is 4.90 Å². The fraction of sp³-hybridized carbons (Fsp3) is 0.588. The highest BCUT2D eigenvalue weighted by Crippen LogP contribution is 2.40. The van der Waals surface area contributed by atoms with Crippen LogP contribution in [0.1, 0.15) is 43.6 Å². The maximum absolute atomic E-state index is 10.8. The first-order valence-corrected chi connectivity index (χ1v) is 8.90. The van der Waals surface area contributed by atoms with Gasteiger partial charge in [-0.15, -0.1) is 11.8 Å². The summed E-state index contributed by atoms with van der Waals surface area (Å²) in [5.74, 6) is 1.11. The fourth-order valence-electron chi connectivity index (χ4n) is 3.58. The molecule has 2 atom stereocenters. The zero-order chi connectivity index (χ0) is 14.7. The van der Waals surface area contributed by atoms with Crippen LogP contribution < -0.4 is 0 Å². The lowest BCUT2D eigenvalue weighted by atomic mass is 9.94. The summed E-state index contributed by atoms with van der Waals surface area (Å²) in [6.45, 7) is 2.22. The minimum Gasteiger partial charge on any atom is -0.481 e. The summed E-state index contributed by atoms with van der Waals surface area (Å²) < 4.78 is 0. The van der Waals surface area contributed by atoms with Crippen molar-refractivity contribution in [2.24, 2.45) is 0 Å². The lowest BCUT2D eigenvalue weighted by molar-refractivity contribution is -0.137. The summed E-state index contributed by atoms with van der Waals surface area (Å²) in [7, 11) is 0. The van der Waals surface area contributed by atoms with E-state index in [0.29, 0.717) is 18.4 Å². The number of piperidine rings is 1. The summed E-state index contributed by atoms with van der Waals surface area (Å²) in [6.07, 6.45) is 4.77. The molecule has 114 valence electrons. The summed E-state index contributed by atoms with van der Waals surface area (Å²) in [4.78, 5) is 14.8. The van der Waals surface area contributed by atoms with Gasteiger partial charge in [-0.1, -0.05) is 24.6 Å². The first-order chi connectivity index (χ1) is 10.2. The number of thioether (sulfide) groups is 1. The van der Waals surface area contributed by atoms with Crippen molar-refractivity contribution in [3.8, 4) is 0 Å². The number of aliphatic carboxylic acids is 1. The van der Waals surface area contributed by atoms with Crippen LogP contribution in [0.3, 0.4) is 0 Å². The quantitative estimate of drug-likeness (QED) is 0.902. The smallest absolute Gasteiger partial charge is 0.303 e. The molecule has 0 bridgehead atoms. The minimum atomic E-state index is -0.665. The summed E-state index contributed by atoms with van der Waals surface area (Å²) in [5.41, 5.74) is 1.49. The number of likely N-dealkylation sites (tertiary alicyclic amines) is 1. The molecule has 1 aromatic rings. The Morgan fingerprint density at radius 1 is 1.33 bits per heavy atom. The topological polar surface area (TPSA) is 40.5 Å². The Hall–Kier alpha value is -1.00. The van der Waals surface area contributed by atoms with Crippen molar-refractivity contribution in [2.75, 3.05) is 18.8 Å². The van der Waals surface area contributed by atoms with Gasteiger partial charge in [0.05, 0.1) is 0 Å². The Bertz CT molecular complexity index is 505. The highest BCUT2D eigenvalue weighted by atomic mass is 32.2. The lowest BCUT2D eigenvalue weighted by Gasteiger charge is -2.37. The summed E-state index contributed by atoms with van der Waals surface area (Å²) >= 11 is 1.96. The predicted molar refractivity (Wildman–Crippen MR) is 86.0 cm³/mol. The second kappa shape index (κ2) is 6.84. The number of nitrogens with zero attached hydrogens (tertiary/aromatic N) is 1. The number of hydrogen-bond donors (Lipinski definition) is 1. The molecule has 0 amide bonds. The molecule has 1 N–H and O–H groups in total. The van der Waals surface area contributed by atoms with Gasteiger partial charge in [-0.2, -0.15) is 0 Å². The molecular formula is C17H23NO2S. The van der Waals surface area contributed by atoms with Gasteiger partial charge in [-0.3, -0.25) is 9.69 Å². The van der Waals surface area contributed by atoms with Crippen LogP contribution in [0.4, 0.5) is 0 Å². The van der Waals surface area contributed by atoms with E-state index in [1.807, 2.05) is 11.8 Å². The van der Waals surface area contributed by atoms with E-state index in [-0.39, 0.29) is 0 Å². The van der Waals surface area contributed by atoms with Gasteiger partial charge < -0.3 is 5.11 Å². The van der Waals surface area contributed by atoms with Crippen LogP contribution in [0, 0.1) is 0 Å². The zero-order valence-corrected chi connectivity index (χ0v) is 13.1.